The molecule has 0 saturated carbocycles. The summed E-state index contributed by atoms with van der Waals surface area (Å²) in [5.74, 6) is -0.804. The molecule has 0 radical (unpaired) electrons. The lowest BCUT2D eigenvalue weighted by atomic mass is 9.95. The van der Waals surface area contributed by atoms with Crippen LogP contribution in [0.3, 0.4) is 0 Å². The second-order valence-corrected chi connectivity index (χ2v) is 5.55. The van der Waals surface area contributed by atoms with Crippen molar-refractivity contribution in [2.75, 3.05) is 14.2 Å². The van der Waals surface area contributed by atoms with Gasteiger partial charge in [0.2, 0.25) is 0 Å². The van der Waals surface area contributed by atoms with Crippen LogP contribution in [0.4, 0.5) is 0 Å². The number of nitrogens with zero attached hydrogens (tertiary/aromatic N) is 1. The van der Waals surface area contributed by atoms with Gasteiger partial charge in [0.05, 0.1) is 18.7 Å². The van der Waals surface area contributed by atoms with E-state index in [2.05, 4.69) is 0 Å². The first-order valence-electron chi connectivity index (χ1n) is 7.48. The highest BCUT2D eigenvalue weighted by Gasteiger charge is 2.44. The van der Waals surface area contributed by atoms with Crippen LogP contribution in [0.2, 0.25) is 0 Å². The number of rotatable bonds is 3. The Bertz CT molecular complexity index is 809. The number of ketones is 1. The molecule has 5 heteroatoms. The average molecular weight is 323 g/mol. The minimum Gasteiger partial charge on any atom is -0.507 e. The molecule has 0 aliphatic carbocycles. The Labute approximate surface area is 139 Å². The number of carbonyl (C=O) groups excluding carboxylic acids is 2. The molecule has 1 aliphatic heterocycles. The summed E-state index contributed by atoms with van der Waals surface area (Å²) in [4.78, 5) is 25.9. The molecule has 0 spiro atoms. The van der Waals surface area contributed by atoms with E-state index in [0.29, 0.717) is 11.3 Å². The number of likely N-dealkylation sites (tertiary alicyclic amines) is 1. The van der Waals surface area contributed by atoms with E-state index in [-0.39, 0.29) is 11.3 Å². The summed E-state index contributed by atoms with van der Waals surface area (Å²) in [6.07, 6.45) is 0. The first-order valence-corrected chi connectivity index (χ1v) is 7.48. The molecule has 5 nitrogen and oxygen atoms in total. The second kappa shape index (κ2) is 6.20. The fourth-order valence-corrected chi connectivity index (χ4v) is 2.88. The van der Waals surface area contributed by atoms with Gasteiger partial charge >= 0.3 is 0 Å². The average Bonchev–Trinajstić information content (AvgIpc) is 2.86. The highest BCUT2D eigenvalue weighted by molar-refractivity contribution is 6.46. The largest absolute Gasteiger partial charge is 0.507 e. The molecule has 122 valence electrons. The lowest BCUT2D eigenvalue weighted by molar-refractivity contribution is -0.139. The van der Waals surface area contributed by atoms with Gasteiger partial charge in [-0.2, -0.15) is 0 Å². The van der Waals surface area contributed by atoms with Crippen LogP contribution in [0, 0.1) is 0 Å². The van der Waals surface area contributed by atoms with Crippen LogP contribution in [-0.2, 0) is 9.59 Å². The van der Waals surface area contributed by atoms with Crippen molar-refractivity contribution in [2.24, 2.45) is 0 Å². The summed E-state index contributed by atoms with van der Waals surface area (Å²) in [6.45, 7) is 0. The van der Waals surface area contributed by atoms with E-state index in [1.807, 2.05) is 6.07 Å². The van der Waals surface area contributed by atoms with Crippen molar-refractivity contribution in [1.29, 1.82) is 0 Å². The quantitative estimate of drug-likeness (QED) is 0.536. The first kappa shape index (κ1) is 15.8. The van der Waals surface area contributed by atoms with E-state index in [0.717, 1.165) is 5.56 Å². The smallest absolute Gasteiger partial charge is 0.295 e. The fourth-order valence-electron chi connectivity index (χ4n) is 2.88. The zero-order valence-electron chi connectivity index (χ0n) is 13.4. The third-order valence-corrected chi connectivity index (χ3v) is 4.15. The molecule has 1 heterocycles. The lowest BCUT2D eigenvalue weighted by Gasteiger charge is -2.21. The van der Waals surface area contributed by atoms with Crippen LogP contribution >= 0.6 is 0 Å². The number of ether oxygens (including phenoxy) is 1. The van der Waals surface area contributed by atoms with E-state index in [1.54, 1.807) is 62.7 Å². The van der Waals surface area contributed by atoms with E-state index in [9.17, 15) is 14.7 Å². The van der Waals surface area contributed by atoms with Crippen molar-refractivity contribution < 1.29 is 19.4 Å². The van der Waals surface area contributed by atoms with E-state index < -0.39 is 17.7 Å². The number of Topliss-reactive ketones (excluding diaryl/α,β-unsaturated/α-hetero) is 1. The molecule has 0 unspecified atom stereocenters. The topological polar surface area (TPSA) is 66.8 Å². The first-order chi connectivity index (χ1) is 11.5. The van der Waals surface area contributed by atoms with Gasteiger partial charge in [0.25, 0.3) is 11.7 Å². The van der Waals surface area contributed by atoms with Crippen molar-refractivity contribution in [3.63, 3.8) is 0 Å². The Kier molecular flexibility index (Phi) is 4.08. The van der Waals surface area contributed by atoms with Gasteiger partial charge in [-0.3, -0.25) is 9.59 Å². The standard InChI is InChI=1S/C19H17NO4/c1-20-16(12-8-10-14(24-2)11-9-12)15(18(22)19(20)23)17(21)13-6-4-3-5-7-13/h3-11,16,21H,1-2H3/t16-/m0/s1. The lowest BCUT2D eigenvalue weighted by Crippen LogP contribution is -2.24. The molecule has 1 amide bonds. The second-order valence-electron chi connectivity index (χ2n) is 5.55. The molecule has 0 bridgehead atoms. The summed E-state index contributed by atoms with van der Waals surface area (Å²) in [5, 5.41) is 10.6. The number of amides is 1. The highest BCUT2D eigenvalue weighted by Crippen LogP contribution is 2.38. The van der Waals surface area contributed by atoms with Gasteiger partial charge in [0.15, 0.2) is 0 Å². The van der Waals surface area contributed by atoms with Crippen LogP contribution < -0.4 is 4.74 Å². The van der Waals surface area contributed by atoms with Crippen LogP contribution in [-0.4, -0.2) is 35.9 Å². The SMILES string of the molecule is COc1ccc([C@H]2C(=C(O)c3ccccc3)C(=O)C(=O)N2C)cc1. The number of benzene rings is 2. The molecule has 1 N–H and O–H groups in total. The minimum atomic E-state index is -0.681. The molecule has 1 saturated heterocycles. The van der Waals surface area contributed by atoms with Gasteiger partial charge in [-0.05, 0) is 17.7 Å². The maximum absolute atomic E-state index is 12.4. The normalized spacial score (nSPS) is 19.6. The zero-order valence-corrected chi connectivity index (χ0v) is 13.4. The summed E-state index contributed by atoms with van der Waals surface area (Å²) < 4.78 is 5.14. The summed E-state index contributed by atoms with van der Waals surface area (Å²) in [5.41, 5.74) is 1.33. The van der Waals surface area contributed by atoms with Crippen molar-refractivity contribution in [1.82, 2.24) is 4.90 Å². The summed E-state index contributed by atoms with van der Waals surface area (Å²) in [7, 11) is 3.12. The van der Waals surface area contributed by atoms with Crippen LogP contribution in [0.25, 0.3) is 5.76 Å². The molecule has 1 atom stereocenters. The number of hydrogen-bond donors (Lipinski definition) is 1. The molecular formula is C19H17NO4. The Morgan fingerprint density at radius 2 is 1.67 bits per heavy atom. The van der Waals surface area contributed by atoms with Crippen molar-refractivity contribution in [3.8, 4) is 5.75 Å². The van der Waals surface area contributed by atoms with Crippen LogP contribution in [0.1, 0.15) is 17.2 Å². The Morgan fingerprint density at radius 3 is 2.25 bits per heavy atom. The maximum Gasteiger partial charge on any atom is 0.295 e. The molecule has 2 aromatic carbocycles. The van der Waals surface area contributed by atoms with Crippen molar-refractivity contribution in [3.05, 3.63) is 71.3 Å². The molecule has 24 heavy (non-hydrogen) atoms. The Hall–Kier alpha value is -3.08. The van der Waals surface area contributed by atoms with Gasteiger partial charge in [0.1, 0.15) is 11.5 Å². The number of methoxy groups -OCH3 is 1. The molecule has 3 rings (SSSR count). The van der Waals surface area contributed by atoms with Crippen molar-refractivity contribution in [2.45, 2.75) is 6.04 Å². The molecular weight excluding hydrogens is 306 g/mol. The number of aliphatic hydroxyl groups is 1. The molecule has 1 fully saturated rings. The third-order valence-electron chi connectivity index (χ3n) is 4.15. The molecule has 0 aromatic heterocycles. The van der Waals surface area contributed by atoms with Gasteiger partial charge in [0, 0.05) is 12.6 Å². The van der Waals surface area contributed by atoms with Crippen molar-refractivity contribution >= 4 is 17.4 Å². The molecule has 1 aliphatic rings. The highest BCUT2D eigenvalue weighted by atomic mass is 16.5. The van der Waals surface area contributed by atoms with Crippen LogP contribution in [0.15, 0.2) is 60.2 Å². The van der Waals surface area contributed by atoms with Crippen LogP contribution in [0.5, 0.6) is 5.75 Å². The molecule has 2 aromatic rings. The number of hydrogen-bond acceptors (Lipinski definition) is 4. The predicted molar refractivity (Wildman–Crippen MR) is 89.5 cm³/mol. The summed E-state index contributed by atoms with van der Waals surface area (Å²) >= 11 is 0. The zero-order chi connectivity index (χ0) is 17.3. The van der Waals surface area contributed by atoms with Gasteiger partial charge in [-0.15, -0.1) is 0 Å². The minimum absolute atomic E-state index is 0.0962. The monoisotopic (exact) mass is 323 g/mol. The predicted octanol–water partition coefficient (Wildman–Crippen LogP) is 2.75. The van der Waals surface area contributed by atoms with Gasteiger partial charge < -0.3 is 14.7 Å². The Balaban J connectivity index is 2.13. The third kappa shape index (κ3) is 2.54. The van der Waals surface area contributed by atoms with E-state index >= 15 is 0 Å². The Morgan fingerprint density at radius 1 is 1.04 bits per heavy atom. The van der Waals surface area contributed by atoms with Gasteiger partial charge in [-0.25, -0.2) is 0 Å². The number of likely N-dealkylation sites (N-methyl/N-ethyl adjacent to an activating group) is 1. The van der Waals surface area contributed by atoms with E-state index in [1.165, 1.54) is 4.90 Å². The maximum atomic E-state index is 12.4. The number of carbonyl (C=O) groups is 2. The van der Waals surface area contributed by atoms with E-state index in [4.69, 9.17) is 4.74 Å². The number of aliphatic hydroxyl groups excluding tert-OH is 1. The fraction of sp³-hybridized carbons (Fsp3) is 0.158. The van der Waals surface area contributed by atoms with Gasteiger partial charge in [-0.1, -0.05) is 42.5 Å². The summed E-state index contributed by atoms with van der Waals surface area (Å²) in [6, 6.07) is 15.2.